The van der Waals surface area contributed by atoms with E-state index in [0.29, 0.717) is 10.8 Å². The van der Waals surface area contributed by atoms with Crippen LogP contribution in [-0.2, 0) is 0 Å². The number of halogens is 1. The Hall–Kier alpha value is -1.48. The fraction of sp³-hybridized carbons (Fsp3) is 0. The lowest BCUT2D eigenvalue weighted by atomic mass is 10.1. The summed E-state index contributed by atoms with van der Waals surface area (Å²) in [5, 5.41) is 0.561. The van der Waals surface area contributed by atoms with E-state index in [1.807, 2.05) is 6.07 Å². The van der Waals surface area contributed by atoms with Gasteiger partial charge in [-0.3, -0.25) is 0 Å². The summed E-state index contributed by atoms with van der Waals surface area (Å²) in [5.41, 5.74) is 7.34. The highest BCUT2D eigenvalue weighted by Crippen LogP contribution is 2.26. The van der Waals surface area contributed by atoms with E-state index >= 15 is 0 Å². The molecule has 0 fully saturated rings. The van der Waals surface area contributed by atoms with Crippen LogP contribution >= 0.6 is 11.6 Å². The highest BCUT2D eigenvalue weighted by atomic mass is 35.5. The van der Waals surface area contributed by atoms with E-state index in [1.54, 1.807) is 18.6 Å². The van der Waals surface area contributed by atoms with Gasteiger partial charge < -0.3 is 10.2 Å². The standard InChI is InChI=1S/C9H7ClN2O/c10-7-3-8(9(11)12-4-7)6-1-2-13-5-6/h1-5H,(H2,11,12). The van der Waals surface area contributed by atoms with E-state index in [9.17, 15) is 0 Å². The number of aromatic nitrogens is 1. The summed E-state index contributed by atoms with van der Waals surface area (Å²) >= 11 is 5.79. The Labute approximate surface area is 80.1 Å². The van der Waals surface area contributed by atoms with Crippen molar-refractivity contribution in [2.75, 3.05) is 5.73 Å². The van der Waals surface area contributed by atoms with Crippen molar-refractivity contribution in [2.45, 2.75) is 0 Å². The van der Waals surface area contributed by atoms with Crippen molar-refractivity contribution in [3.63, 3.8) is 0 Å². The van der Waals surface area contributed by atoms with Crippen LogP contribution in [0, 0.1) is 0 Å². The van der Waals surface area contributed by atoms with E-state index in [-0.39, 0.29) is 0 Å². The van der Waals surface area contributed by atoms with E-state index in [0.717, 1.165) is 11.1 Å². The Kier molecular flexibility index (Phi) is 1.94. The van der Waals surface area contributed by atoms with Crippen molar-refractivity contribution in [1.29, 1.82) is 0 Å². The van der Waals surface area contributed by atoms with Crippen LogP contribution in [0.1, 0.15) is 0 Å². The Balaban J connectivity index is 2.57. The molecule has 0 spiro atoms. The molecule has 66 valence electrons. The fourth-order valence-electron chi connectivity index (χ4n) is 1.10. The molecule has 13 heavy (non-hydrogen) atoms. The molecule has 0 aliphatic heterocycles. The molecule has 2 aromatic rings. The largest absolute Gasteiger partial charge is 0.472 e. The quantitative estimate of drug-likeness (QED) is 0.759. The van der Waals surface area contributed by atoms with Crippen LogP contribution in [-0.4, -0.2) is 4.98 Å². The molecule has 0 aliphatic carbocycles. The maximum absolute atomic E-state index is 5.79. The number of furan rings is 1. The monoisotopic (exact) mass is 194 g/mol. The summed E-state index contributed by atoms with van der Waals surface area (Å²) < 4.78 is 4.94. The van der Waals surface area contributed by atoms with Crippen LogP contribution in [0.15, 0.2) is 35.3 Å². The van der Waals surface area contributed by atoms with Gasteiger partial charge in [0.25, 0.3) is 0 Å². The van der Waals surface area contributed by atoms with Crippen molar-refractivity contribution in [3.05, 3.63) is 35.9 Å². The number of nitrogens with zero attached hydrogens (tertiary/aromatic N) is 1. The van der Waals surface area contributed by atoms with Gasteiger partial charge in [0, 0.05) is 17.3 Å². The molecular formula is C9H7ClN2O. The second-order valence-electron chi connectivity index (χ2n) is 2.60. The number of hydrogen-bond acceptors (Lipinski definition) is 3. The molecule has 0 unspecified atom stereocenters. The van der Waals surface area contributed by atoms with Crippen molar-refractivity contribution in [1.82, 2.24) is 4.98 Å². The topological polar surface area (TPSA) is 52.0 Å². The smallest absolute Gasteiger partial charge is 0.131 e. The van der Waals surface area contributed by atoms with Gasteiger partial charge in [0.2, 0.25) is 0 Å². The van der Waals surface area contributed by atoms with E-state index in [2.05, 4.69) is 4.98 Å². The van der Waals surface area contributed by atoms with Gasteiger partial charge in [0.05, 0.1) is 17.5 Å². The molecule has 2 heterocycles. The highest BCUT2D eigenvalue weighted by molar-refractivity contribution is 6.30. The molecule has 3 nitrogen and oxygen atoms in total. The third-order valence-electron chi connectivity index (χ3n) is 1.72. The first-order valence-corrected chi connectivity index (χ1v) is 4.09. The number of nitrogen functional groups attached to an aromatic ring is 1. The van der Waals surface area contributed by atoms with Gasteiger partial charge in [-0.1, -0.05) is 11.6 Å². The predicted octanol–water partition coefficient (Wildman–Crippen LogP) is 2.58. The number of nitrogens with two attached hydrogens (primary N) is 1. The normalized spacial score (nSPS) is 10.2. The van der Waals surface area contributed by atoms with Gasteiger partial charge in [0.1, 0.15) is 5.82 Å². The van der Waals surface area contributed by atoms with Crippen molar-refractivity contribution in [2.24, 2.45) is 0 Å². The first-order chi connectivity index (χ1) is 6.27. The zero-order chi connectivity index (χ0) is 9.26. The molecule has 0 bridgehead atoms. The summed E-state index contributed by atoms with van der Waals surface area (Å²) in [6.07, 6.45) is 4.69. The molecule has 2 N–H and O–H groups in total. The van der Waals surface area contributed by atoms with E-state index in [1.165, 1.54) is 6.20 Å². The second kappa shape index (κ2) is 3.11. The fourth-order valence-corrected chi connectivity index (χ4v) is 1.26. The van der Waals surface area contributed by atoms with Crippen LogP contribution in [0.4, 0.5) is 5.82 Å². The number of hydrogen-bond donors (Lipinski definition) is 1. The average molecular weight is 195 g/mol. The molecule has 0 saturated carbocycles. The minimum Gasteiger partial charge on any atom is -0.472 e. The SMILES string of the molecule is Nc1ncc(Cl)cc1-c1ccoc1. The lowest BCUT2D eigenvalue weighted by Crippen LogP contribution is -1.92. The predicted molar refractivity (Wildman–Crippen MR) is 51.4 cm³/mol. The minimum absolute atomic E-state index is 0.450. The number of rotatable bonds is 1. The summed E-state index contributed by atoms with van der Waals surface area (Å²) in [7, 11) is 0. The molecule has 0 radical (unpaired) electrons. The Morgan fingerprint density at radius 2 is 2.31 bits per heavy atom. The number of anilines is 1. The zero-order valence-corrected chi connectivity index (χ0v) is 7.45. The second-order valence-corrected chi connectivity index (χ2v) is 3.03. The van der Waals surface area contributed by atoms with Crippen molar-refractivity contribution < 1.29 is 4.42 Å². The molecule has 2 rings (SSSR count). The number of pyridine rings is 1. The lowest BCUT2D eigenvalue weighted by molar-refractivity contribution is 0.568. The van der Waals surface area contributed by atoms with E-state index < -0.39 is 0 Å². The lowest BCUT2D eigenvalue weighted by Gasteiger charge is -2.01. The van der Waals surface area contributed by atoms with Crippen molar-refractivity contribution >= 4 is 17.4 Å². The third-order valence-corrected chi connectivity index (χ3v) is 1.92. The Morgan fingerprint density at radius 1 is 1.46 bits per heavy atom. The van der Waals surface area contributed by atoms with Crippen LogP contribution in [0.3, 0.4) is 0 Å². The van der Waals surface area contributed by atoms with Crippen LogP contribution in [0.5, 0.6) is 0 Å². The van der Waals surface area contributed by atoms with Crippen LogP contribution in [0.2, 0.25) is 5.02 Å². The van der Waals surface area contributed by atoms with Gasteiger partial charge in [-0.25, -0.2) is 4.98 Å². The zero-order valence-electron chi connectivity index (χ0n) is 6.70. The first-order valence-electron chi connectivity index (χ1n) is 3.71. The molecule has 2 aromatic heterocycles. The summed E-state index contributed by atoms with van der Waals surface area (Å²) in [5.74, 6) is 0.450. The molecule has 0 aliphatic rings. The first kappa shape index (κ1) is 8.13. The summed E-state index contributed by atoms with van der Waals surface area (Å²) in [4.78, 5) is 3.94. The Bertz CT molecular complexity index is 412. The average Bonchev–Trinajstić information content (AvgIpc) is 2.61. The van der Waals surface area contributed by atoms with Gasteiger partial charge in [-0.05, 0) is 12.1 Å². The highest BCUT2D eigenvalue weighted by Gasteiger charge is 2.05. The molecule has 0 saturated heterocycles. The minimum atomic E-state index is 0.450. The van der Waals surface area contributed by atoms with E-state index in [4.69, 9.17) is 21.8 Å². The summed E-state index contributed by atoms with van der Waals surface area (Å²) in [6.45, 7) is 0. The van der Waals surface area contributed by atoms with Gasteiger partial charge in [0.15, 0.2) is 0 Å². The molecule has 0 atom stereocenters. The maximum atomic E-state index is 5.79. The third kappa shape index (κ3) is 1.51. The van der Waals surface area contributed by atoms with Gasteiger partial charge in [-0.15, -0.1) is 0 Å². The molecular weight excluding hydrogens is 188 g/mol. The van der Waals surface area contributed by atoms with Gasteiger partial charge in [-0.2, -0.15) is 0 Å². The molecule has 0 aromatic carbocycles. The van der Waals surface area contributed by atoms with Gasteiger partial charge >= 0.3 is 0 Å². The molecule has 4 heteroatoms. The summed E-state index contributed by atoms with van der Waals surface area (Å²) in [6, 6.07) is 3.57. The van der Waals surface area contributed by atoms with Crippen LogP contribution < -0.4 is 5.73 Å². The van der Waals surface area contributed by atoms with Crippen molar-refractivity contribution in [3.8, 4) is 11.1 Å². The maximum Gasteiger partial charge on any atom is 0.131 e. The Morgan fingerprint density at radius 3 is 3.00 bits per heavy atom. The van der Waals surface area contributed by atoms with Crippen LogP contribution in [0.25, 0.3) is 11.1 Å². The molecule has 0 amide bonds.